The van der Waals surface area contributed by atoms with Crippen molar-refractivity contribution in [2.45, 2.75) is 0 Å². The van der Waals surface area contributed by atoms with Gasteiger partial charge in [-0.3, -0.25) is 0 Å². The van der Waals surface area contributed by atoms with Crippen LogP contribution in [0.3, 0.4) is 0 Å². The molecule has 54 heavy (non-hydrogen) atoms. The molecule has 12 aromatic carbocycles. The first kappa shape index (κ1) is 29.5. The molecule has 0 fully saturated rings. The summed E-state index contributed by atoms with van der Waals surface area (Å²) in [4.78, 5) is 0. The smallest absolute Gasteiger partial charge is 0.0000928 e. The highest BCUT2D eigenvalue weighted by Crippen LogP contribution is 2.59. The van der Waals surface area contributed by atoms with Crippen LogP contribution >= 0.6 is 0 Å². The Bertz CT molecular complexity index is 2930. The van der Waals surface area contributed by atoms with Gasteiger partial charge in [-0.1, -0.05) is 194 Å². The van der Waals surface area contributed by atoms with E-state index in [9.17, 15) is 0 Å². The van der Waals surface area contributed by atoms with E-state index >= 15 is 0 Å². The van der Waals surface area contributed by atoms with Gasteiger partial charge < -0.3 is 0 Å². The highest BCUT2D eigenvalue weighted by atomic mass is 14.3. The molecule has 12 aromatic rings. The van der Waals surface area contributed by atoms with Gasteiger partial charge in [-0.25, -0.2) is 0 Å². The van der Waals surface area contributed by atoms with Crippen LogP contribution in [0.4, 0.5) is 0 Å². The fourth-order valence-corrected chi connectivity index (χ4v) is 9.92. The zero-order chi connectivity index (χ0) is 35.3. The lowest BCUT2D eigenvalue weighted by molar-refractivity contribution is 1.65. The van der Waals surface area contributed by atoms with Gasteiger partial charge in [-0.05, 0) is 120 Å². The minimum Gasteiger partial charge on any atom is -0.0622 e. The molecule has 248 valence electrons. The molecule has 0 N–H and O–H groups in total. The van der Waals surface area contributed by atoms with Crippen molar-refractivity contribution >= 4 is 75.4 Å². The fourth-order valence-electron chi connectivity index (χ4n) is 9.92. The third kappa shape index (κ3) is 3.92. The lowest BCUT2D eigenvalue weighted by Crippen LogP contribution is -1.96. The first-order valence-corrected chi connectivity index (χ1v) is 18.9. The van der Waals surface area contributed by atoms with Crippen LogP contribution in [0.1, 0.15) is 0 Å². The van der Waals surface area contributed by atoms with E-state index < -0.39 is 0 Å². The van der Waals surface area contributed by atoms with Crippen LogP contribution in [0.15, 0.2) is 194 Å². The molecule has 0 radical (unpaired) electrons. The summed E-state index contributed by atoms with van der Waals surface area (Å²) in [7, 11) is 0. The molecule has 0 heterocycles. The molecule has 0 unspecified atom stereocenters. The summed E-state index contributed by atoms with van der Waals surface area (Å²) in [5, 5.41) is 18.4. The Morgan fingerprint density at radius 3 is 0.648 bits per heavy atom. The van der Waals surface area contributed by atoms with Gasteiger partial charge in [-0.2, -0.15) is 0 Å². The highest BCUT2D eigenvalue weighted by Gasteiger charge is 2.31. The van der Waals surface area contributed by atoms with E-state index in [0.29, 0.717) is 0 Å². The van der Waals surface area contributed by atoms with E-state index in [0.717, 1.165) is 0 Å². The predicted molar refractivity (Wildman–Crippen MR) is 233 cm³/mol. The molecular formula is C54H32. The van der Waals surface area contributed by atoms with E-state index in [-0.39, 0.29) is 0 Å². The maximum absolute atomic E-state index is 2.36. The maximum atomic E-state index is 2.36. The van der Waals surface area contributed by atoms with Crippen LogP contribution in [-0.4, -0.2) is 0 Å². The lowest BCUT2D eigenvalue weighted by Gasteiger charge is -2.24. The normalized spacial score (nSPS) is 12.1. The average Bonchev–Trinajstić information content (AvgIpc) is 3.75. The van der Waals surface area contributed by atoms with Crippen LogP contribution in [-0.2, 0) is 0 Å². The second-order valence-electron chi connectivity index (χ2n) is 14.6. The van der Waals surface area contributed by atoms with E-state index in [4.69, 9.17) is 0 Å². The standard InChI is InChI=1S/C54H32/c1-5-17-35(18-6-1)45-49-39-29-13-25-33-26-14-30-40(43(33)39)50(49)47(37-21-9-3-10-22-37)54-48(38-23-11-4-12-24-38)52-42-32-16-28-34-27-15-31-41(44(34)42)51(52)46(53(45)54)36-19-7-2-8-20-36/h1-32H. The maximum Gasteiger partial charge on any atom is -0.0000928 e. The molecule has 0 saturated heterocycles. The van der Waals surface area contributed by atoms with E-state index in [1.807, 2.05) is 0 Å². The van der Waals surface area contributed by atoms with Gasteiger partial charge in [0.2, 0.25) is 0 Å². The summed E-state index contributed by atoms with van der Waals surface area (Å²) >= 11 is 0. The number of hydrogen-bond donors (Lipinski definition) is 0. The Morgan fingerprint density at radius 1 is 0.167 bits per heavy atom. The van der Waals surface area contributed by atoms with Crippen molar-refractivity contribution in [3.8, 4) is 44.5 Å². The first-order chi connectivity index (χ1) is 26.9. The molecule has 0 aliphatic carbocycles. The summed E-state index contributed by atoms with van der Waals surface area (Å²) in [5.74, 6) is 0. The predicted octanol–water partition coefficient (Wildman–Crippen LogP) is 15.3. The van der Waals surface area contributed by atoms with Gasteiger partial charge >= 0.3 is 0 Å². The van der Waals surface area contributed by atoms with Crippen molar-refractivity contribution in [1.82, 2.24) is 0 Å². The van der Waals surface area contributed by atoms with Crippen molar-refractivity contribution < 1.29 is 0 Å². The molecule has 0 aromatic heterocycles. The number of hydrogen-bond acceptors (Lipinski definition) is 0. The third-order valence-electron chi connectivity index (χ3n) is 11.9. The van der Waals surface area contributed by atoms with Crippen LogP contribution < -0.4 is 0 Å². The van der Waals surface area contributed by atoms with Crippen molar-refractivity contribution in [3.05, 3.63) is 194 Å². The highest BCUT2D eigenvalue weighted by molar-refractivity contribution is 6.47. The van der Waals surface area contributed by atoms with Crippen molar-refractivity contribution in [2.24, 2.45) is 0 Å². The SMILES string of the molecule is c1ccc(-c2c3c(-c4ccccc4)c4c5cccc6cccc(c4c(-c4ccccc4)c3c(-c3ccccc3)c3c4cccc7cccc(c23)c74)c65)cc1. The molecule has 0 nitrogen and oxygen atoms in total. The molecule has 0 heteroatoms. The molecule has 0 saturated carbocycles. The van der Waals surface area contributed by atoms with Gasteiger partial charge in [0.05, 0.1) is 0 Å². The van der Waals surface area contributed by atoms with Crippen molar-refractivity contribution in [2.75, 3.05) is 0 Å². The summed E-state index contributed by atoms with van der Waals surface area (Å²) in [6, 6.07) is 72.2. The second kappa shape index (κ2) is 11.2. The molecule has 0 bridgehead atoms. The topological polar surface area (TPSA) is 0 Å². The Balaban J connectivity index is 1.54. The molecular weight excluding hydrogens is 649 g/mol. The van der Waals surface area contributed by atoms with Gasteiger partial charge in [-0.15, -0.1) is 0 Å². The summed E-state index contributed by atoms with van der Waals surface area (Å²) in [6.07, 6.45) is 0. The van der Waals surface area contributed by atoms with Crippen LogP contribution in [0.5, 0.6) is 0 Å². The van der Waals surface area contributed by atoms with Gasteiger partial charge in [0.1, 0.15) is 0 Å². The molecule has 0 aliphatic heterocycles. The molecule has 0 spiro atoms. The molecule has 0 amide bonds. The minimum atomic E-state index is 1.23. The van der Waals surface area contributed by atoms with Gasteiger partial charge in [0.25, 0.3) is 0 Å². The van der Waals surface area contributed by atoms with Crippen LogP contribution in [0.25, 0.3) is 120 Å². The summed E-state index contributed by atoms with van der Waals surface area (Å²) in [6.45, 7) is 0. The number of rotatable bonds is 4. The Hall–Kier alpha value is -7.02. The summed E-state index contributed by atoms with van der Waals surface area (Å²) in [5.41, 5.74) is 10.1. The van der Waals surface area contributed by atoms with Crippen molar-refractivity contribution in [1.29, 1.82) is 0 Å². The quantitative estimate of drug-likeness (QED) is 0.174. The van der Waals surface area contributed by atoms with Crippen LogP contribution in [0.2, 0.25) is 0 Å². The average molecular weight is 681 g/mol. The summed E-state index contributed by atoms with van der Waals surface area (Å²) < 4.78 is 0. The molecule has 0 atom stereocenters. The third-order valence-corrected chi connectivity index (χ3v) is 11.9. The number of fused-ring (bicyclic) bond motifs is 7. The zero-order valence-electron chi connectivity index (χ0n) is 29.5. The van der Waals surface area contributed by atoms with E-state index in [1.165, 1.54) is 120 Å². The largest absolute Gasteiger partial charge is 0.0622 e. The van der Waals surface area contributed by atoms with E-state index in [1.54, 1.807) is 0 Å². The Kier molecular flexibility index (Phi) is 6.15. The molecule has 12 rings (SSSR count). The first-order valence-electron chi connectivity index (χ1n) is 18.9. The van der Waals surface area contributed by atoms with Crippen molar-refractivity contribution in [3.63, 3.8) is 0 Å². The Morgan fingerprint density at radius 2 is 0.407 bits per heavy atom. The fraction of sp³-hybridized carbons (Fsp3) is 0. The van der Waals surface area contributed by atoms with Gasteiger partial charge in [0, 0.05) is 0 Å². The lowest BCUT2D eigenvalue weighted by atomic mass is 9.78. The second-order valence-corrected chi connectivity index (χ2v) is 14.6. The number of benzene rings is 10. The van der Waals surface area contributed by atoms with Crippen LogP contribution in [0, 0.1) is 0 Å². The van der Waals surface area contributed by atoms with E-state index in [2.05, 4.69) is 194 Å². The monoisotopic (exact) mass is 680 g/mol. The van der Waals surface area contributed by atoms with Gasteiger partial charge in [0.15, 0.2) is 0 Å². The Labute approximate surface area is 312 Å². The minimum absolute atomic E-state index is 1.23. The zero-order valence-corrected chi connectivity index (χ0v) is 29.5. The molecule has 0 aliphatic rings.